The third-order valence-electron chi connectivity index (χ3n) is 5.03. The van der Waals surface area contributed by atoms with Crippen LogP contribution in [0.5, 0.6) is 17.2 Å². The van der Waals surface area contributed by atoms with E-state index in [9.17, 15) is 9.59 Å². The van der Waals surface area contributed by atoms with E-state index in [1.807, 2.05) is 25.1 Å². The lowest BCUT2D eigenvalue weighted by molar-refractivity contribution is -0.123. The second-order valence-electron chi connectivity index (χ2n) is 7.30. The lowest BCUT2D eigenvalue weighted by Gasteiger charge is -2.15. The van der Waals surface area contributed by atoms with Crippen molar-refractivity contribution in [3.8, 4) is 17.2 Å². The van der Waals surface area contributed by atoms with Gasteiger partial charge in [-0.15, -0.1) is 0 Å². The van der Waals surface area contributed by atoms with Crippen LogP contribution in [0.3, 0.4) is 0 Å². The van der Waals surface area contributed by atoms with Crippen molar-refractivity contribution < 1.29 is 28.5 Å². The van der Waals surface area contributed by atoms with Gasteiger partial charge in [-0.3, -0.25) is 9.59 Å². The Kier molecular flexibility index (Phi) is 8.29. The molecule has 0 bridgehead atoms. The van der Waals surface area contributed by atoms with E-state index >= 15 is 0 Å². The Hall–Kier alpha value is -3.06. The third kappa shape index (κ3) is 6.72. The number of benzene rings is 2. The molecule has 0 spiro atoms. The van der Waals surface area contributed by atoms with Crippen LogP contribution in [0.2, 0.25) is 0 Å². The second-order valence-corrected chi connectivity index (χ2v) is 7.30. The van der Waals surface area contributed by atoms with Gasteiger partial charge in [-0.2, -0.15) is 0 Å². The van der Waals surface area contributed by atoms with Crippen molar-refractivity contribution in [3.05, 3.63) is 53.6 Å². The zero-order valence-electron chi connectivity index (χ0n) is 18.0. The van der Waals surface area contributed by atoms with Crippen molar-refractivity contribution in [1.82, 2.24) is 5.32 Å². The lowest BCUT2D eigenvalue weighted by Crippen LogP contribution is -2.28. The number of carbonyl (C=O) groups excluding carboxylic acids is 2. The van der Waals surface area contributed by atoms with Gasteiger partial charge in [0.15, 0.2) is 23.9 Å². The molecule has 1 amide bonds. The second kappa shape index (κ2) is 11.4. The fraction of sp³-hybridized carbons (Fsp3) is 0.417. The van der Waals surface area contributed by atoms with E-state index in [1.165, 1.54) is 0 Å². The topological polar surface area (TPSA) is 83.1 Å². The molecule has 0 aliphatic carbocycles. The molecule has 1 N–H and O–H groups in total. The molecule has 1 saturated heterocycles. The summed E-state index contributed by atoms with van der Waals surface area (Å²) in [7, 11) is 1.59. The van der Waals surface area contributed by atoms with Crippen molar-refractivity contribution >= 4 is 11.7 Å². The van der Waals surface area contributed by atoms with Gasteiger partial charge >= 0.3 is 0 Å². The number of ketones is 1. The highest BCUT2D eigenvalue weighted by Crippen LogP contribution is 2.29. The van der Waals surface area contributed by atoms with E-state index in [-0.39, 0.29) is 24.4 Å². The lowest BCUT2D eigenvalue weighted by atomic mass is 10.1. The van der Waals surface area contributed by atoms with Crippen molar-refractivity contribution in [2.75, 3.05) is 26.9 Å². The molecule has 1 aliphatic rings. The molecular weight excluding hydrogens is 398 g/mol. The Morgan fingerprint density at radius 3 is 2.58 bits per heavy atom. The molecular formula is C24H29NO6. The van der Waals surface area contributed by atoms with Gasteiger partial charge in [0.2, 0.25) is 0 Å². The molecule has 1 aliphatic heterocycles. The van der Waals surface area contributed by atoms with Crippen molar-refractivity contribution in [2.45, 2.75) is 38.8 Å². The van der Waals surface area contributed by atoms with E-state index < -0.39 is 0 Å². The average Bonchev–Trinajstić information content (AvgIpc) is 3.33. The van der Waals surface area contributed by atoms with Crippen molar-refractivity contribution in [3.63, 3.8) is 0 Å². The number of rotatable bonds is 11. The molecule has 31 heavy (non-hydrogen) atoms. The first-order valence-corrected chi connectivity index (χ1v) is 10.5. The summed E-state index contributed by atoms with van der Waals surface area (Å²) in [6.07, 6.45) is 2.66. The summed E-state index contributed by atoms with van der Waals surface area (Å²) in [5, 5.41) is 2.82. The van der Waals surface area contributed by atoms with Crippen LogP contribution in [0.4, 0.5) is 0 Å². The van der Waals surface area contributed by atoms with Crippen LogP contribution in [-0.2, 0) is 16.1 Å². The smallest absolute Gasteiger partial charge is 0.258 e. The van der Waals surface area contributed by atoms with E-state index in [0.29, 0.717) is 42.4 Å². The van der Waals surface area contributed by atoms with Crippen molar-refractivity contribution in [2.24, 2.45) is 0 Å². The molecule has 166 valence electrons. The van der Waals surface area contributed by atoms with Crippen LogP contribution in [-0.4, -0.2) is 44.7 Å². The highest BCUT2D eigenvalue weighted by atomic mass is 16.5. The number of amides is 1. The summed E-state index contributed by atoms with van der Waals surface area (Å²) >= 11 is 0. The molecule has 2 aromatic carbocycles. The number of ether oxygens (including phenoxy) is 4. The van der Waals surface area contributed by atoms with Gasteiger partial charge in [0.1, 0.15) is 12.4 Å². The van der Waals surface area contributed by atoms with Gasteiger partial charge in [-0.1, -0.05) is 13.0 Å². The highest BCUT2D eigenvalue weighted by molar-refractivity contribution is 5.95. The van der Waals surface area contributed by atoms with E-state index in [1.54, 1.807) is 31.4 Å². The van der Waals surface area contributed by atoms with Crippen LogP contribution < -0.4 is 19.5 Å². The molecule has 0 aromatic heterocycles. The van der Waals surface area contributed by atoms with Gasteiger partial charge in [0.25, 0.3) is 5.91 Å². The first-order chi connectivity index (χ1) is 15.1. The van der Waals surface area contributed by atoms with Crippen LogP contribution in [0.1, 0.15) is 42.1 Å². The quantitative estimate of drug-likeness (QED) is 0.553. The minimum absolute atomic E-state index is 0.0722. The molecule has 7 heteroatoms. The number of carbonyl (C=O) groups is 2. The minimum Gasteiger partial charge on any atom is -0.493 e. The summed E-state index contributed by atoms with van der Waals surface area (Å²) in [5.41, 5.74) is 1.52. The van der Waals surface area contributed by atoms with Gasteiger partial charge in [0, 0.05) is 25.1 Å². The predicted octanol–water partition coefficient (Wildman–Crippen LogP) is 3.54. The predicted molar refractivity (Wildman–Crippen MR) is 116 cm³/mol. The summed E-state index contributed by atoms with van der Waals surface area (Å²) in [6, 6.07) is 12.4. The first-order valence-electron chi connectivity index (χ1n) is 10.5. The first kappa shape index (κ1) is 22.6. The number of methoxy groups -OCH3 is 1. The summed E-state index contributed by atoms with van der Waals surface area (Å²) in [5.74, 6) is 1.63. The number of nitrogens with one attached hydrogen (secondary N) is 1. The molecule has 3 rings (SSSR count). The Labute approximate surface area is 182 Å². The van der Waals surface area contributed by atoms with Gasteiger partial charge in [0.05, 0.1) is 13.2 Å². The Bertz CT molecular complexity index is 874. The molecule has 2 aromatic rings. The summed E-state index contributed by atoms with van der Waals surface area (Å²) in [4.78, 5) is 23.8. The number of hydrogen-bond donors (Lipinski definition) is 1. The maximum absolute atomic E-state index is 12.1. The van der Waals surface area contributed by atoms with Crippen LogP contribution in [0.25, 0.3) is 0 Å². The van der Waals surface area contributed by atoms with Gasteiger partial charge < -0.3 is 24.3 Å². The highest BCUT2D eigenvalue weighted by Gasteiger charge is 2.17. The van der Waals surface area contributed by atoms with E-state index in [0.717, 1.165) is 25.0 Å². The number of Topliss-reactive ketones (excluding diaryl/α,β-unsaturated/α-hetero) is 1. The van der Waals surface area contributed by atoms with E-state index in [2.05, 4.69) is 5.32 Å². The maximum Gasteiger partial charge on any atom is 0.258 e. The fourth-order valence-electron chi connectivity index (χ4n) is 3.24. The number of hydrogen-bond acceptors (Lipinski definition) is 6. The Morgan fingerprint density at radius 1 is 1.10 bits per heavy atom. The molecule has 1 unspecified atom stereocenters. The molecule has 1 heterocycles. The summed E-state index contributed by atoms with van der Waals surface area (Å²) in [6.45, 7) is 3.34. The van der Waals surface area contributed by atoms with E-state index in [4.69, 9.17) is 18.9 Å². The largest absolute Gasteiger partial charge is 0.493 e. The van der Waals surface area contributed by atoms with Crippen LogP contribution in [0, 0.1) is 0 Å². The standard InChI is InChI=1S/C24H29NO6/c1-3-21(26)18-7-9-19(10-8-18)30-16-24(27)25-14-17-6-11-22(23(13-17)28-2)31-15-20-5-4-12-29-20/h6-11,13,20H,3-5,12,14-16H2,1-2H3,(H,25,27). The molecule has 1 fully saturated rings. The normalized spacial score (nSPS) is 15.4. The monoisotopic (exact) mass is 427 g/mol. The minimum atomic E-state index is -0.244. The Morgan fingerprint density at radius 2 is 1.90 bits per heavy atom. The summed E-state index contributed by atoms with van der Waals surface area (Å²) < 4.78 is 22.3. The van der Waals surface area contributed by atoms with Crippen molar-refractivity contribution in [1.29, 1.82) is 0 Å². The Balaban J connectivity index is 1.45. The zero-order valence-corrected chi connectivity index (χ0v) is 18.0. The maximum atomic E-state index is 12.1. The molecule has 7 nitrogen and oxygen atoms in total. The zero-order chi connectivity index (χ0) is 22.1. The average molecular weight is 427 g/mol. The third-order valence-corrected chi connectivity index (χ3v) is 5.03. The molecule has 0 radical (unpaired) electrons. The van der Waals surface area contributed by atoms with Gasteiger partial charge in [-0.05, 0) is 54.8 Å². The van der Waals surface area contributed by atoms with Crippen LogP contribution >= 0.6 is 0 Å². The SMILES string of the molecule is CCC(=O)c1ccc(OCC(=O)NCc2ccc(OCC3CCCO3)c(OC)c2)cc1. The molecule has 0 saturated carbocycles. The molecule has 1 atom stereocenters. The van der Waals surface area contributed by atoms with Gasteiger partial charge in [-0.25, -0.2) is 0 Å². The van der Waals surface area contributed by atoms with Crippen LogP contribution in [0.15, 0.2) is 42.5 Å². The fourth-order valence-corrected chi connectivity index (χ4v) is 3.24.